The second kappa shape index (κ2) is 5.66. The fourth-order valence-electron chi connectivity index (χ4n) is 2.78. The Balaban J connectivity index is 2.57. The molecule has 2 aromatic rings. The summed E-state index contributed by atoms with van der Waals surface area (Å²) in [5.41, 5.74) is 9.70. The van der Waals surface area contributed by atoms with Crippen LogP contribution in [0.5, 0.6) is 5.75 Å². The van der Waals surface area contributed by atoms with Crippen molar-refractivity contribution < 1.29 is 4.74 Å². The highest BCUT2D eigenvalue weighted by Gasteiger charge is 2.21. The van der Waals surface area contributed by atoms with Gasteiger partial charge in [-0.1, -0.05) is 13.8 Å². The summed E-state index contributed by atoms with van der Waals surface area (Å²) in [7, 11) is 0. The second-order valence-corrected chi connectivity index (χ2v) is 5.39. The molecule has 0 saturated carbocycles. The van der Waals surface area contributed by atoms with Gasteiger partial charge in [-0.05, 0) is 50.1 Å². The number of aryl methyl sites for hydroxylation is 1. The van der Waals surface area contributed by atoms with Crippen molar-refractivity contribution in [3.05, 3.63) is 29.5 Å². The van der Waals surface area contributed by atoms with E-state index in [-0.39, 0.29) is 0 Å². The molecule has 0 spiro atoms. The number of aromatic amines is 1. The van der Waals surface area contributed by atoms with Gasteiger partial charge in [0.2, 0.25) is 0 Å². The summed E-state index contributed by atoms with van der Waals surface area (Å²) < 4.78 is 5.61. The third kappa shape index (κ3) is 2.61. The number of fused-ring (bicyclic) bond motifs is 1. The van der Waals surface area contributed by atoms with E-state index in [0.29, 0.717) is 25.0 Å². The molecule has 3 N–H and O–H groups in total. The van der Waals surface area contributed by atoms with E-state index in [9.17, 15) is 0 Å². The van der Waals surface area contributed by atoms with E-state index in [2.05, 4.69) is 37.9 Å². The molecule has 0 aliphatic carbocycles. The van der Waals surface area contributed by atoms with Crippen LogP contribution in [-0.2, 0) is 0 Å². The Morgan fingerprint density at radius 1 is 1.32 bits per heavy atom. The highest BCUT2D eigenvalue weighted by atomic mass is 16.5. The molecule has 0 amide bonds. The number of nitrogens with one attached hydrogen (secondary N) is 1. The number of H-pyrrole nitrogens is 1. The number of hydrogen-bond donors (Lipinski definition) is 2. The van der Waals surface area contributed by atoms with E-state index in [4.69, 9.17) is 10.5 Å². The molecule has 0 saturated heterocycles. The van der Waals surface area contributed by atoms with Crippen LogP contribution >= 0.6 is 0 Å². The van der Waals surface area contributed by atoms with Crippen LogP contribution in [0.25, 0.3) is 10.9 Å². The summed E-state index contributed by atoms with van der Waals surface area (Å²) in [6.45, 7) is 9.94. The Morgan fingerprint density at radius 3 is 2.63 bits per heavy atom. The fraction of sp³-hybridized carbons (Fsp3) is 0.500. The van der Waals surface area contributed by atoms with E-state index in [0.717, 1.165) is 11.3 Å². The normalized spacial score (nSPS) is 13.2. The zero-order valence-corrected chi connectivity index (χ0v) is 12.3. The topological polar surface area (TPSA) is 51.0 Å². The van der Waals surface area contributed by atoms with Crippen molar-refractivity contribution in [1.82, 2.24) is 4.98 Å². The minimum atomic E-state index is 0.380. The molecule has 0 radical (unpaired) electrons. The minimum Gasteiger partial charge on any atom is -0.494 e. The predicted molar refractivity (Wildman–Crippen MR) is 80.8 cm³/mol. The number of benzene rings is 1. The molecule has 0 aliphatic rings. The molecule has 19 heavy (non-hydrogen) atoms. The maximum atomic E-state index is 5.98. The smallest absolute Gasteiger partial charge is 0.120 e. The molecule has 1 aromatic carbocycles. The molecule has 2 rings (SSSR count). The van der Waals surface area contributed by atoms with Gasteiger partial charge in [0.05, 0.1) is 6.61 Å². The first kappa shape index (κ1) is 13.9. The largest absolute Gasteiger partial charge is 0.494 e. The van der Waals surface area contributed by atoms with Gasteiger partial charge >= 0.3 is 0 Å². The van der Waals surface area contributed by atoms with Gasteiger partial charge in [-0.2, -0.15) is 0 Å². The van der Waals surface area contributed by atoms with Crippen LogP contribution in [0, 0.1) is 12.8 Å². The second-order valence-electron chi connectivity index (χ2n) is 5.39. The Hall–Kier alpha value is -1.48. The summed E-state index contributed by atoms with van der Waals surface area (Å²) >= 11 is 0. The average Bonchev–Trinajstić information content (AvgIpc) is 2.67. The van der Waals surface area contributed by atoms with Crippen LogP contribution in [-0.4, -0.2) is 18.1 Å². The van der Waals surface area contributed by atoms with Crippen LogP contribution < -0.4 is 10.5 Å². The Kier molecular flexibility index (Phi) is 4.15. The molecule has 3 nitrogen and oxygen atoms in total. The maximum Gasteiger partial charge on any atom is 0.120 e. The first-order chi connectivity index (χ1) is 9.08. The van der Waals surface area contributed by atoms with E-state index in [1.807, 2.05) is 13.0 Å². The molecule has 0 aliphatic heterocycles. The molecule has 0 fully saturated rings. The SMILES string of the molecule is CCOc1ccc2[nH]c(C)c(C(CN)C(C)C)c2c1. The van der Waals surface area contributed by atoms with E-state index in [1.165, 1.54) is 16.6 Å². The number of rotatable bonds is 5. The standard InChI is InChI=1S/C16H24N2O/c1-5-19-12-6-7-15-13(8-12)16(11(4)18-15)14(9-17)10(2)3/h6-8,10,14,18H,5,9,17H2,1-4H3. The summed E-state index contributed by atoms with van der Waals surface area (Å²) in [5.74, 6) is 1.83. The van der Waals surface area contributed by atoms with E-state index in [1.54, 1.807) is 0 Å². The molecule has 3 heteroatoms. The number of aromatic nitrogens is 1. The van der Waals surface area contributed by atoms with Crippen molar-refractivity contribution in [3.8, 4) is 5.75 Å². The quantitative estimate of drug-likeness (QED) is 0.863. The van der Waals surface area contributed by atoms with Crippen LogP contribution in [0.4, 0.5) is 0 Å². The van der Waals surface area contributed by atoms with Gasteiger partial charge in [-0.15, -0.1) is 0 Å². The fourth-order valence-corrected chi connectivity index (χ4v) is 2.78. The van der Waals surface area contributed by atoms with Gasteiger partial charge in [0.25, 0.3) is 0 Å². The highest BCUT2D eigenvalue weighted by molar-refractivity contribution is 5.86. The summed E-state index contributed by atoms with van der Waals surface area (Å²) in [6.07, 6.45) is 0. The molecule has 0 bridgehead atoms. The lowest BCUT2D eigenvalue weighted by Gasteiger charge is -2.19. The van der Waals surface area contributed by atoms with Crippen molar-refractivity contribution >= 4 is 10.9 Å². The van der Waals surface area contributed by atoms with Gasteiger partial charge in [-0.25, -0.2) is 0 Å². The lowest BCUT2D eigenvalue weighted by molar-refractivity contribution is 0.340. The van der Waals surface area contributed by atoms with Crippen LogP contribution in [0.1, 0.15) is 37.9 Å². The van der Waals surface area contributed by atoms with Gasteiger partial charge < -0.3 is 15.5 Å². The molecular formula is C16H24N2O. The van der Waals surface area contributed by atoms with Crippen molar-refractivity contribution in [2.45, 2.75) is 33.6 Å². The first-order valence-electron chi connectivity index (χ1n) is 7.03. The van der Waals surface area contributed by atoms with Gasteiger partial charge in [0.15, 0.2) is 0 Å². The maximum absolute atomic E-state index is 5.98. The summed E-state index contributed by atoms with van der Waals surface area (Å²) in [5, 5.41) is 1.24. The highest BCUT2D eigenvalue weighted by Crippen LogP contribution is 2.34. The van der Waals surface area contributed by atoms with Crippen molar-refractivity contribution in [2.75, 3.05) is 13.2 Å². The van der Waals surface area contributed by atoms with Gasteiger partial charge in [0, 0.05) is 22.5 Å². The lowest BCUT2D eigenvalue weighted by Crippen LogP contribution is -2.18. The predicted octanol–water partition coefficient (Wildman–Crippen LogP) is 3.57. The van der Waals surface area contributed by atoms with Gasteiger partial charge in [0.1, 0.15) is 5.75 Å². The molecule has 104 valence electrons. The van der Waals surface area contributed by atoms with Crippen molar-refractivity contribution in [3.63, 3.8) is 0 Å². The Bertz CT molecular complexity index is 557. The molecular weight excluding hydrogens is 236 g/mol. The van der Waals surface area contributed by atoms with Crippen LogP contribution in [0.2, 0.25) is 0 Å². The third-order valence-electron chi connectivity index (χ3n) is 3.75. The lowest BCUT2D eigenvalue weighted by atomic mass is 9.87. The van der Waals surface area contributed by atoms with Crippen LogP contribution in [0.3, 0.4) is 0 Å². The van der Waals surface area contributed by atoms with E-state index < -0.39 is 0 Å². The van der Waals surface area contributed by atoms with Crippen LogP contribution in [0.15, 0.2) is 18.2 Å². The minimum absolute atomic E-state index is 0.380. The Morgan fingerprint density at radius 2 is 2.05 bits per heavy atom. The Labute approximate surface area is 115 Å². The van der Waals surface area contributed by atoms with E-state index >= 15 is 0 Å². The number of hydrogen-bond acceptors (Lipinski definition) is 2. The number of ether oxygens (including phenoxy) is 1. The monoisotopic (exact) mass is 260 g/mol. The first-order valence-corrected chi connectivity index (χ1v) is 7.03. The summed E-state index contributed by atoms with van der Waals surface area (Å²) in [4.78, 5) is 3.45. The van der Waals surface area contributed by atoms with Crippen molar-refractivity contribution in [1.29, 1.82) is 0 Å². The third-order valence-corrected chi connectivity index (χ3v) is 3.75. The number of nitrogens with two attached hydrogens (primary N) is 1. The van der Waals surface area contributed by atoms with Crippen molar-refractivity contribution in [2.24, 2.45) is 11.7 Å². The average molecular weight is 260 g/mol. The van der Waals surface area contributed by atoms with Gasteiger partial charge in [-0.3, -0.25) is 0 Å². The molecule has 1 aromatic heterocycles. The summed E-state index contributed by atoms with van der Waals surface area (Å²) in [6, 6.07) is 6.23. The zero-order chi connectivity index (χ0) is 14.0. The molecule has 1 unspecified atom stereocenters. The molecule has 1 heterocycles. The molecule has 1 atom stereocenters. The zero-order valence-electron chi connectivity index (χ0n) is 12.3.